The maximum Gasteiger partial charge on any atom is 0.314 e. The van der Waals surface area contributed by atoms with Gasteiger partial charge >= 0.3 is 6.03 Å². The molecule has 1 aromatic heterocycles. The molecule has 0 aliphatic carbocycles. The van der Waals surface area contributed by atoms with Crippen molar-refractivity contribution in [2.24, 2.45) is 5.73 Å². The molecule has 3 amide bonds. The van der Waals surface area contributed by atoms with E-state index >= 15 is 0 Å². The van der Waals surface area contributed by atoms with Crippen molar-refractivity contribution in [1.29, 1.82) is 0 Å². The Kier molecular flexibility index (Phi) is 5.77. The van der Waals surface area contributed by atoms with Crippen LogP contribution in [0.2, 0.25) is 0 Å². The maximum atomic E-state index is 13.2. The van der Waals surface area contributed by atoms with Gasteiger partial charge in [0.15, 0.2) is 0 Å². The van der Waals surface area contributed by atoms with Crippen molar-refractivity contribution in [3.63, 3.8) is 0 Å². The Morgan fingerprint density at radius 1 is 0.964 bits per heavy atom. The Labute approximate surface area is 166 Å². The Bertz CT molecular complexity index is 867. The van der Waals surface area contributed by atoms with Crippen LogP contribution in [0, 0.1) is 13.8 Å². The molecule has 150 valence electrons. The number of urea groups is 1. The second-order valence-corrected chi connectivity index (χ2v) is 7.84. The lowest BCUT2D eigenvalue weighted by molar-refractivity contribution is 0.0762. The SMILES string of the molecule is Cc1cc(C(=O)N2CCCN(C(N)=O)CC2)c(C)n1-c1ccc(C(C)C)cc1. The quantitative estimate of drug-likeness (QED) is 0.883. The van der Waals surface area contributed by atoms with Gasteiger partial charge in [-0.05, 0) is 49.9 Å². The standard InChI is InChI=1S/C22H30N4O2/c1-15(2)18-6-8-19(9-7-18)26-16(3)14-20(17(26)4)21(27)24-10-5-11-25(13-12-24)22(23)28/h6-9,14-15H,5,10-13H2,1-4H3,(H2,23,28). The highest BCUT2D eigenvalue weighted by atomic mass is 16.2. The van der Waals surface area contributed by atoms with Crippen LogP contribution in [0.25, 0.3) is 5.69 Å². The van der Waals surface area contributed by atoms with Crippen LogP contribution in [-0.2, 0) is 0 Å². The Morgan fingerprint density at radius 3 is 2.18 bits per heavy atom. The van der Waals surface area contributed by atoms with Crippen molar-refractivity contribution in [1.82, 2.24) is 14.4 Å². The first-order valence-corrected chi connectivity index (χ1v) is 9.92. The highest BCUT2D eigenvalue weighted by Gasteiger charge is 2.25. The Balaban J connectivity index is 1.85. The molecule has 0 saturated carbocycles. The molecule has 0 atom stereocenters. The van der Waals surface area contributed by atoms with Gasteiger partial charge in [0, 0.05) is 43.3 Å². The predicted octanol–water partition coefficient (Wildman–Crippen LogP) is 3.44. The van der Waals surface area contributed by atoms with Crippen molar-refractivity contribution >= 4 is 11.9 Å². The van der Waals surface area contributed by atoms with Crippen LogP contribution >= 0.6 is 0 Å². The fraction of sp³-hybridized carbons (Fsp3) is 0.455. The van der Waals surface area contributed by atoms with Crippen molar-refractivity contribution in [3.8, 4) is 5.69 Å². The highest BCUT2D eigenvalue weighted by molar-refractivity contribution is 5.96. The molecule has 0 unspecified atom stereocenters. The average molecular weight is 383 g/mol. The molecule has 2 N–H and O–H groups in total. The molecule has 28 heavy (non-hydrogen) atoms. The van der Waals surface area contributed by atoms with Gasteiger partial charge in [-0.25, -0.2) is 4.79 Å². The molecule has 6 nitrogen and oxygen atoms in total. The smallest absolute Gasteiger partial charge is 0.314 e. The lowest BCUT2D eigenvalue weighted by Crippen LogP contribution is -2.39. The number of nitrogens with two attached hydrogens (primary N) is 1. The minimum atomic E-state index is -0.419. The Morgan fingerprint density at radius 2 is 1.57 bits per heavy atom. The summed E-state index contributed by atoms with van der Waals surface area (Å²) in [6.07, 6.45) is 0.740. The summed E-state index contributed by atoms with van der Waals surface area (Å²) in [5.41, 5.74) is 10.4. The van der Waals surface area contributed by atoms with E-state index in [-0.39, 0.29) is 5.91 Å². The number of benzene rings is 1. The van der Waals surface area contributed by atoms with E-state index in [2.05, 4.69) is 42.7 Å². The average Bonchev–Trinajstić information content (AvgIpc) is 2.84. The first-order chi connectivity index (χ1) is 13.3. The van der Waals surface area contributed by atoms with Crippen LogP contribution in [0.4, 0.5) is 4.79 Å². The summed E-state index contributed by atoms with van der Waals surface area (Å²) in [6.45, 7) is 10.6. The van der Waals surface area contributed by atoms with Gasteiger partial charge in [0.1, 0.15) is 0 Å². The number of carbonyl (C=O) groups is 2. The van der Waals surface area contributed by atoms with Crippen LogP contribution in [-0.4, -0.2) is 52.5 Å². The number of aromatic nitrogens is 1. The molecule has 0 bridgehead atoms. The third-order valence-electron chi connectivity index (χ3n) is 5.57. The zero-order valence-electron chi connectivity index (χ0n) is 17.2. The van der Waals surface area contributed by atoms with Gasteiger partial charge in [-0.2, -0.15) is 0 Å². The summed E-state index contributed by atoms with van der Waals surface area (Å²) in [7, 11) is 0. The van der Waals surface area contributed by atoms with Gasteiger partial charge in [-0.3, -0.25) is 4.79 Å². The second-order valence-electron chi connectivity index (χ2n) is 7.84. The third-order valence-corrected chi connectivity index (χ3v) is 5.57. The highest BCUT2D eigenvalue weighted by Crippen LogP contribution is 2.24. The van der Waals surface area contributed by atoms with E-state index in [0.29, 0.717) is 32.1 Å². The lowest BCUT2D eigenvalue weighted by atomic mass is 10.0. The van der Waals surface area contributed by atoms with Crippen LogP contribution < -0.4 is 5.73 Å². The molecule has 1 fully saturated rings. The first-order valence-electron chi connectivity index (χ1n) is 9.92. The zero-order chi connectivity index (χ0) is 20.4. The minimum Gasteiger partial charge on any atom is -0.351 e. The topological polar surface area (TPSA) is 71.6 Å². The van der Waals surface area contributed by atoms with Crippen molar-refractivity contribution < 1.29 is 9.59 Å². The van der Waals surface area contributed by atoms with Gasteiger partial charge in [-0.15, -0.1) is 0 Å². The summed E-state index contributed by atoms with van der Waals surface area (Å²) in [6, 6.07) is 10.1. The Hall–Kier alpha value is -2.76. The molecule has 1 aromatic carbocycles. The van der Waals surface area contributed by atoms with E-state index in [1.165, 1.54) is 5.56 Å². The predicted molar refractivity (Wildman–Crippen MR) is 111 cm³/mol. The minimum absolute atomic E-state index is 0.0180. The van der Waals surface area contributed by atoms with E-state index in [1.54, 1.807) is 4.90 Å². The van der Waals surface area contributed by atoms with Crippen LogP contribution in [0.5, 0.6) is 0 Å². The maximum absolute atomic E-state index is 13.2. The number of carbonyl (C=O) groups excluding carboxylic acids is 2. The largest absolute Gasteiger partial charge is 0.351 e. The van der Waals surface area contributed by atoms with Gasteiger partial charge in [-0.1, -0.05) is 26.0 Å². The summed E-state index contributed by atoms with van der Waals surface area (Å²) >= 11 is 0. The molecule has 6 heteroatoms. The molecule has 3 rings (SSSR count). The van der Waals surface area contributed by atoms with E-state index in [1.807, 2.05) is 24.8 Å². The van der Waals surface area contributed by atoms with Crippen LogP contribution in [0.15, 0.2) is 30.3 Å². The number of hydrogen-bond donors (Lipinski definition) is 1. The fourth-order valence-electron chi connectivity index (χ4n) is 3.90. The van der Waals surface area contributed by atoms with Crippen molar-refractivity contribution in [3.05, 3.63) is 52.8 Å². The number of rotatable bonds is 3. The second kappa shape index (κ2) is 8.09. The monoisotopic (exact) mass is 382 g/mol. The number of hydrogen-bond acceptors (Lipinski definition) is 2. The van der Waals surface area contributed by atoms with Gasteiger partial charge in [0.2, 0.25) is 0 Å². The molecule has 0 radical (unpaired) electrons. The van der Waals surface area contributed by atoms with E-state index in [9.17, 15) is 9.59 Å². The molecule has 2 heterocycles. The van der Waals surface area contributed by atoms with Gasteiger partial charge in [0.25, 0.3) is 5.91 Å². The van der Waals surface area contributed by atoms with Crippen LogP contribution in [0.3, 0.4) is 0 Å². The van der Waals surface area contributed by atoms with Crippen molar-refractivity contribution in [2.45, 2.75) is 40.0 Å². The fourth-order valence-corrected chi connectivity index (χ4v) is 3.90. The molecule has 0 spiro atoms. The van der Waals surface area contributed by atoms with Crippen molar-refractivity contribution in [2.75, 3.05) is 26.2 Å². The summed E-state index contributed by atoms with van der Waals surface area (Å²) in [5.74, 6) is 0.505. The molecule has 1 aliphatic heterocycles. The normalized spacial score (nSPS) is 15.0. The first kappa shape index (κ1) is 20.0. The molecule has 2 aromatic rings. The summed E-state index contributed by atoms with van der Waals surface area (Å²) in [5, 5.41) is 0. The molecular formula is C22H30N4O2. The third kappa shape index (κ3) is 3.91. The van der Waals surface area contributed by atoms with Crippen LogP contribution in [0.1, 0.15) is 53.5 Å². The molecule has 1 aliphatic rings. The number of aryl methyl sites for hydroxylation is 1. The number of primary amides is 1. The summed E-state index contributed by atoms with van der Waals surface area (Å²) < 4.78 is 2.13. The molecule has 1 saturated heterocycles. The molecular weight excluding hydrogens is 352 g/mol. The zero-order valence-corrected chi connectivity index (χ0v) is 17.2. The van der Waals surface area contributed by atoms with E-state index < -0.39 is 6.03 Å². The number of nitrogens with zero attached hydrogens (tertiary/aromatic N) is 3. The number of amides is 3. The van der Waals surface area contributed by atoms with Gasteiger partial charge < -0.3 is 20.1 Å². The lowest BCUT2D eigenvalue weighted by Gasteiger charge is -2.21. The van der Waals surface area contributed by atoms with E-state index in [4.69, 9.17) is 5.73 Å². The van der Waals surface area contributed by atoms with E-state index in [0.717, 1.165) is 29.1 Å². The summed E-state index contributed by atoms with van der Waals surface area (Å²) in [4.78, 5) is 28.0. The van der Waals surface area contributed by atoms with Gasteiger partial charge in [0.05, 0.1) is 5.56 Å².